The topological polar surface area (TPSA) is 112 Å². The Kier molecular flexibility index (Phi) is 9.30. The van der Waals surface area contributed by atoms with Crippen LogP contribution in [-0.4, -0.2) is 64.8 Å². The summed E-state index contributed by atoms with van der Waals surface area (Å²) in [5.74, 6) is -0.738. The summed E-state index contributed by atoms with van der Waals surface area (Å²) in [6, 6.07) is 0.301. The van der Waals surface area contributed by atoms with E-state index in [9.17, 15) is 14.7 Å². The Labute approximate surface area is 232 Å². The minimum absolute atomic E-state index is 0. The van der Waals surface area contributed by atoms with E-state index in [0.717, 1.165) is 63.7 Å². The van der Waals surface area contributed by atoms with E-state index in [0.29, 0.717) is 31.9 Å². The highest BCUT2D eigenvalue weighted by Crippen LogP contribution is 2.45. The molecule has 7 atom stereocenters. The molecule has 2 N–H and O–H groups in total. The van der Waals surface area contributed by atoms with Gasteiger partial charge in [0.1, 0.15) is 0 Å². The summed E-state index contributed by atoms with van der Waals surface area (Å²) in [6.07, 6.45) is 14.8. The third-order valence-corrected chi connectivity index (χ3v) is 8.87. The summed E-state index contributed by atoms with van der Waals surface area (Å²) in [6.45, 7) is 4.53. The number of esters is 1. The van der Waals surface area contributed by atoms with Crippen LogP contribution in [0.25, 0.3) is 0 Å². The molecule has 214 valence electrons. The number of allylic oxidation sites excluding steroid dienone is 1. The lowest BCUT2D eigenvalue weighted by molar-refractivity contribution is -0.609. The molecule has 2 fully saturated rings. The molecular weight excluding hydrogens is 510 g/mol. The molecule has 0 unspecified atom stereocenters. The summed E-state index contributed by atoms with van der Waals surface area (Å²) in [5.41, 5.74) is -1.24. The van der Waals surface area contributed by atoms with E-state index in [1.807, 2.05) is 0 Å². The lowest BCUT2D eigenvalue weighted by Crippen LogP contribution is -2.76. The molecule has 5 heterocycles. The molecule has 0 aromatic rings. The molecule has 2 saturated heterocycles. The monoisotopic (exact) mass is 553 g/mol. The fourth-order valence-corrected chi connectivity index (χ4v) is 7.21. The number of hydrogen-bond acceptors (Lipinski definition) is 8. The van der Waals surface area contributed by atoms with E-state index in [1.165, 1.54) is 0 Å². The maximum absolute atomic E-state index is 13.7. The van der Waals surface area contributed by atoms with Gasteiger partial charge in [-0.15, -0.1) is 12.4 Å². The molecule has 0 amide bonds. The Morgan fingerprint density at radius 3 is 2.76 bits per heavy atom. The van der Waals surface area contributed by atoms with Crippen LogP contribution < -0.4 is 15.7 Å². The maximum atomic E-state index is 13.7. The number of carbonyl (C=O) groups excluding carboxylic acids is 2. The molecule has 10 heteroatoms. The number of rotatable bonds is 8. The molecule has 0 aromatic carbocycles. The quantitative estimate of drug-likeness (QED) is 0.204. The Balaban J connectivity index is 0.00000336. The number of ether oxygens (including phenoxy) is 3. The molecule has 0 saturated carbocycles. The van der Waals surface area contributed by atoms with Crippen LogP contribution in [0.4, 0.5) is 0 Å². The average Bonchev–Trinajstić information content (AvgIpc) is 3.15. The third-order valence-electron chi connectivity index (χ3n) is 8.87. The van der Waals surface area contributed by atoms with Gasteiger partial charge in [-0.1, -0.05) is 19.1 Å². The van der Waals surface area contributed by atoms with Crippen molar-refractivity contribution >= 4 is 30.3 Å². The van der Waals surface area contributed by atoms with Crippen LogP contribution in [-0.2, 0) is 23.8 Å². The van der Waals surface area contributed by atoms with Gasteiger partial charge in [0.2, 0.25) is 5.72 Å². The molecular formula is C28H44ClN3O6. The largest absolute Gasteiger partial charge is 0.550 e. The van der Waals surface area contributed by atoms with Gasteiger partial charge in [-0.25, -0.2) is 10.6 Å². The third kappa shape index (κ3) is 5.85. The Morgan fingerprint density at radius 2 is 2.00 bits per heavy atom. The summed E-state index contributed by atoms with van der Waals surface area (Å²) < 4.78 is 21.5. The number of carbonyl (C=O) groups is 2. The van der Waals surface area contributed by atoms with Gasteiger partial charge in [0, 0.05) is 25.2 Å². The van der Waals surface area contributed by atoms with Crippen molar-refractivity contribution in [2.24, 2.45) is 5.92 Å². The van der Waals surface area contributed by atoms with Crippen molar-refractivity contribution in [3.05, 3.63) is 12.2 Å². The summed E-state index contributed by atoms with van der Waals surface area (Å²) in [5, 5.41) is 18.1. The number of nitrogens with zero attached hydrogens (tertiary/aromatic N) is 1. The SMILES string of the molecule is CC[C@H]1C=CCC[C@@]2(C[C@@H]3CC[C@@H]4[C@H](C(=O)OCCCCCC(=O)[O-])[C@]5(CCC[C@@H](C)O5)NC(=[N+]34)N2)O1.Cl. The van der Waals surface area contributed by atoms with Gasteiger partial charge in [0.25, 0.3) is 0 Å². The number of carboxylic acid groups (broad SMARTS) is 1. The second-order valence-corrected chi connectivity index (χ2v) is 11.6. The number of aliphatic carboxylic acids is 1. The van der Waals surface area contributed by atoms with Crippen LogP contribution in [0.3, 0.4) is 0 Å². The highest BCUT2D eigenvalue weighted by atomic mass is 35.5. The second kappa shape index (κ2) is 12.1. The van der Waals surface area contributed by atoms with Gasteiger partial charge in [-0.3, -0.25) is 9.37 Å². The molecule has 5 aliphatic rings. The molecule has 5 rings (SSSR count). The predicted octanol–water partition coefficient (Wildman–Crippen LogP) is 2.50. The summed E-state index contributed by atoms with van der Waals surface area (Å²) in [7, 11) is 0. The van der Waals surface area contributed by atoms with Crippen molar-refractivity contribution in [2.45, 2.75) is 133 Å². The smallest absolute Gasteiger partial charge is 0.350 e. The lowest BCUT2D eigenvalue weighted by Gasteiger charge is -2.50. The number of hydrogen-bond donors (Lipinski definition) is 2. The van der Waals surface area contributed by atoms with E-state index in [4.69, 9.17) is 14.2 Å². The zero-order chi connectivity index (χ0) is 26.0. The zero-order valence-corrected chi connectivity index (χ0v) is 23.6. The number of unbranched alkanes of at least 4 members (excludes halogenated alkanes) is 2. The first kappa shape index (κ1) is 29.2. The van der Waals surface area contributed by atoms with Crippen LogP contribution in [0.2, 0.25) is 0 Å². The van der Waals surface area contributed by atoms with Gasteiger partial charge in [-0.2, -0.15) is 0 Å². The van der Waals surface area contributed by atoms with Crippen LogP contribution in [0.15, 0.2) is 12.2 Å². The van der Waals surface area contributed by atoms with E-state index in [2.05, 4.69) is 41.2 Å². The van der Waals surface area contributed by atoms with E-state index in [1.54, 1.807) is 0 Å². The Hall–Kier alpha value is -1.84. The van der Waals surface area contributed by atoms with Gasteiger partial charge in [0.05, 0.1) is 30.9 Å². The van der Waals surface area contributed by atoms with Crippen molar-refractivity contribution in [1.82, 2.24) is 10.6 Å². The van der Waals surface area contributed by atoms with Crippen LogP contribution in [0, 0.1) is 5.92 Å². The molecule has 2 spiro atoms. The zero-order valence-electron chi connectivity index (χ0n) is 22.7. The van der Waals surface area contributed by atoms with Gasteiger partial charge in [0.15, 0.2) is 11.6 Å². The van der Waals surface area contributed by atoms with Crippen LogP contribution >= 0.6 is 12.4 Å². The van der Waals surface area contributed by atoms with Crippen molar-refractivity contribution < 1.29 is 33.5 Å². The van der Waals surface area contributed by atoms with Gasteiger partial charge in [-0.05, 0) is 71.1 Å². The highest BCUT2D eigenvalue weighted by molar-refractivity contribution is 5.85. The fourth-order valence-electron chi connectivity index (χ4n) is 7.21. The van der Waals surface area contributed by atoms with E-state index >= 15 is 0 Å². The maximum Gasteiger partial charge on any atom is 0.350 e. The first-order valence-electron chi connectivity index (χ1n) is 14.5. The highest BCUT2D eigenvalue weighted by Gasteiger charge is 2.64. The first-order chi connectivity index (χ1) is 17.8. The van der Waals surface area contributed by atoms with Gasteiger partial charge >= 0.3 is 11.9 Å². The van der Waals surface area contributed by atoms with Crippen molar-refractivity contribution in [3.8, 4) is 0 Å². The number of nitrogens with one attached hydrogen (secondary N) is 2. The molecule has 9 nitrogen and oxygen atoms in total. The molecule has 0 aliphatic carbocycles. The average molecular weight is 554 g/mol. The first-order valence-corrected chi connectivity index (χ1v) is 14.5. The Bertz CT molecular complexity index is 944. The van der Waals surface area contributed by atoms with Crippen molar-refractivity contribution in [3.63, 3.8) is 0 Å². The standard InChI is InChI=1S/C28H43N3O6.ClH/c1-3-21-11-6-7-15-27(37-21)18-20-13-14-22-24(25(34)35-17-8-4-5-12-23(32)33)28(16-9-10-19(2)36-28)30-26(29-27)31(20)22;/h6,11,19-22,24H,3-5,7-10,12-18H2,1-2H3,(H2,29,30,32,33);1H/t19-,20+,21+,22-,24-,27+,28-;/m1./s1. The molecule has 0 bridgehead atoms. The second-order valence-electron chi connectivity index (χ2n) is 11.6. The van der Waals surface area contributed by atoms with E-state index in [-0.39, 0.29) is 43.0 Å². The van der Waals surface area contributed by atoms with Crippen molar-refractivity contribution in [2.75, 3.05) is 6.61 Å². The lowest BCUT2D eigenvalue weighted by atomic mass is 9.80. The molecule has 38 heavy (non-hydrogen) atoms. The predicted molar refractivity (Wildman–Crippen MR) is 142 cm³/mol. The number of halogens is 1. The van der Waals surface area contributed by atoms with Crippen LogP contribution in [0.5, 0.6) is 0 Å². The number of guanidine groups is 1. The fraction of sp³-hybridized carbons (Fsp3) is 0.821. The van der Waals surface area contributed by atoms with E-state index < -0.39 is 23.3 Å². The Morgan fingerprint density at radius 1 is 1.16 bits per heavy atom. The summed E-state index contributed by atoms with van der Waals surface area (Å²) in [4.78, 5) is 24.3. The molecule has 5 aliphatic heterocycles. The summed E-state index contributed by atoms with van der Waals surface area (Å²) >= 11 is 0. The normalized spacial score (nSPS) is 37.6. The molecule has 0 aromatic heterocycles. The molecule has 0 radical (unpaired) electrons. The van der Waals surface area contributed by atoms with Crippen LogP contribution in [0.1, 0.15) is 97.3 Å². The minimum Gasteiger partial charge on any atom is -0.550 e. The van der Waals surface area contributed by atoms with Crippen molar-refractivity contribution in [1.29, 1.82) is 0 Å². The van der Waals surface area contributed by atoms with Gasteiger partial charge < -0.3 is 24.1 Å². The number of carboxylic acids is 1. The minimum atomic E-state index is -1.04.